The highest BCUT2D eigenvalue weighted by Gasteiger charge is 2.21. The molecule has 1 aromatic heterocycles. The number of phenolic OH excluding ortho intramolecular Hbond substituents is 1. The lowest BCUT2D eigenvalue weighted by Crippen LogP contribution is -2.43. The number of rotatable bonds is 5. The van der Waals surface area contributed by atoms with E-state index in [1.165, 1.54) is 6.07 Å². The summed E-state index contributed by atoms with van der Waals surface area (Å²) in [5, 5.41) is 42.8. The number of hydrogen-bond acceptors (Lipinski definition) is 7. The van der Waals surface area contributed by atoms with Gasteiger partial charge in [0.25, 0.3) is 0 Å². The zero-order valence-electron chi connectivity index (χ0n) is 16.0. The van der Waals surface area contributed by atoms with Crippen molar-refractivity contribution in [3.05, 3.63) is 48.0 Å². The molecular formula is C22H23N5O2. The van der Waals surface area contributed by atoms with E-state index in [4.69, 9.17) is 5.26 Å². The molecule has 1 unspecified atom stereocenters. The van der Waals surface area contributed by atoms with Crippen LogP contribution in [0, 0.1) is 11.3 Å². The monoisotopic (exact) mass is 389 g/mol. The molecular weight excluding hydrogens is 366 g/mol. The third-order valence-corrected chi connectivity index (χ3v) is 5.33. The Morgan fingerprint density at radius 1 is 1.17 bits per heavy atom. The second-order valence-corrected chi connectivity index (χ2v) is 7.29. The van der Waals surface area contributed by atoms with E-state index < -0.39 is 0 Å². The third-order valence-electron chi connectivity index (χ3n) is 5.33. The van der Waals surface area contributed by atoms with Gasteiger partial charge in [0.1, 0.15) is 11.4 Å². The first kappa shape index (κ1) is 19.1. The summed E-state index contributed by atoms with van der Waals surface area (Å²) in [6, 6.07) is 14.9. The zero-order chi connectivity index (χ0) is 20.2. The number of nitriles is 1. The van der Waals surface area contributed by atoms with Crippen molar-refractivity contribution < 1.29 is 10.2 Å². The van der Waals surface area contributed by atoms with Crippen molar-refractivity contribution in [1.82, 2.24) is 15.1 Å². The normalized spacial score (nSPS) is 17.2. The standard InChI is InChI=1S/C22H23N5O2/c23-13-15-7-8-19(20(29)12-15)21-17-5-1-2-6-18(17)22(26-25-21)24-16-4-3-9-27(14-16)10-11-28/h1-2,5-8,12,16,28-29H,3-4,9-11,14H2,(H,24,26). The van der Waals surface area contributed by atoms with Gasteiger partial charge in [0, 0.05) is 35.5 Å². The number of fused-ring (bicyclic) bond motifs is 1. The second-order valence-electron chi connectivity index (χ2n) is 7.29. The van der Waals surface area contributed by atoms with Gasteiger partial charge in [-0.15, -0.1) is 10.2 Å². The largest absolute Gasteiger partial charge is 0.507 e. The number of aromatic nitrogens is 2. The highest BCUT2D eigenvalue weighted by atomic mass is 16.3. The Labute approximate surface area is 169 Å². The van der Waals surface area contributed by atoms with E-state index in [9.17, 15) is 10.2 Å². The number of aliphatic hydroxyl groups excluding tert-OH is 1. The molecule has 4 rings (SSSR count). The molecule has 0 saturated carbocycles. The van der Waals surface area contributed by atoms with Crippen LogP contribution in [0.25, 0.3) is 22.0 Å². The molecule has 1 atom stereocenters. The van der Waals surface area contributed by atoms with Gasteiger partial charge >= 0.3 is 0 Å². The van der Waals surface area contributed by atoms with Gasteiger partial charge in [-0.3, -0.25) is 4.90 Å². The molecule has 1 aliphatic rings. The number of benzene rings is 2. The van der Waals surface area contributed by atoms with Crippen molar-refractivity contribution >= 4 is 16.6 Å². The van der Waals surface area contributed by atoms with Crippen molar-refractivity contribution in [2.75, 3.05) is 31.6 Å². The maximum atomic E-state index is 10.4. The van der Waals surface area contributed by atoms with Gasteiger partial charge in [0.05, 0.1) is 18.2 Å². The SMILES string of the molecule is N#Cc1ccc(-c2nnc(NC3CCCN(CCO)C3)c3ccccc23)c(O)c1. The summed E-state index contributed by atoms with van der Waals surface area (Å²) in [5.74, 6) is 0.726. The fourth-order valence-electron chi connectivity index (χ4n) is 3.92. The van der Waals surface area contributed by atoms with Crippen LogP contribution >= 0.6 is 0 Å². The lowest BCUT2D eigenvalue weighted by Gasteiger charge is -2.33. The summed E-state index contributed by atoms with van der Waals surface area (Å²) in [5.41, 5.74) is 1.52. The molecule has 148 valence electrons. The summed E-state index contributed by atoms with van der Waals surface area (Å²) in [6.45, 7) is 2.70. The van der Waals surface area contributed by atoms with E-state index in [1.807, 2.05) is 30.3 Å². The number of phenols is 1. The molecule has 0 radical (unpaired) electrons. The minimum Gasteiger partial charge on any atom is -0.507 e. The number of anilines is 1. The van der Waals surface area contributed by atoms with E-state index in [0.717, 1.165) is 36.7 Å². The van der Waals surface area contributed by atoms with Gasteiger partial charge in [-0.2, -0.15) is 5.26 Å². The van der Waals surface area contributed by atoms with Crippen LogP contribution in [-0.2, 0) is 0 Å². The molecule has 29 heavy (non-hydrogen) atoms. The first-order valence-corrected chi connectivity index (χ1v) is 9.78. The van der Waals surface area contributed by atoms with Crippen LogP contribution < -0.4 is 5.32 Å². The van der Waals surface area contributed by atoms with Crippen molar-refractivity contribution in [3.8, 4) is 23.1 Å². The number of aromatic hydroxyl groups is 1. The molecule has 7 heteroatoms. The molecule has 0 aliphatic carbocycles. The van der Waals surface area contributed by atoms with Crippen LogP contribution in [0.2, 0.25) is 0 Å². The van der Waals surface area contributed by atoms with E-state index in [2.05, 4.69) is 20.4 Å². The molecule has 3 aromatic rings. The average molecular weight is 389 g/mol. The van der Waals surface area contributed by atoms with E-state index in [1.54, 1.807) is 12.1 Å². The lowest BCUT2D eigenvalue weighted by atomic mass is 10.0. The summed E-state index contributed by atoms with van der Waals surface area (Å²) >= 11 is 0. The first-order valence-electron chi connectivity index (χ1n) is 9.78. The Hall–Kier alpha value is -3.21. The van der Waals surface area contributed by atoms with Crippen LogP contribution in [0.1, 0.15) is 18.4 Å². The van der Waals surface area contributed by atoms with Crippen molar-refractivity contribution in [1.29, 1.82) is 5.26 Å². The van der Waals surface area contributed by atoms with E-state index >= 15 is 0 Å². The average Bonchev–Trinajstić information content (AvgIpc) is 2.75. The summed E-state index contributed by atoms with van der Waals surface area (Å²) in [4.78, 5) is 2.25. The number of aliphatic hydroxyl groups is 1. The van der Waals surface area contributed by atoms with E-state index in [0.29, 0.717) is 29.2 Å². The highest BCUT2D eigenvalue weighted by molar-refractivity contribution is 6.00. The molecule has 2 aromatic carbocycles. The number of piperidine rings is 1. The minimum atomic E-state index is 0.0103. The Kier molecular flexibility index (Phi) is 5.56. The van der Waals surface area contributed by atoms with E-state index in [-0.39, 0.29) is 18.4 Å². The molecule has 3 N–H and O–H groups in total. The fourth-order valence-corrected chi connectivity index (χ4v) is 3.92. The molecule has 1 fully saturated rings. The summed E-state index contributed by atoms with van der Waals surface area (Å²) < 4.78 is 0. The Bertz CT molecular complexity index is 1060. The van der Waals surface area contributed by atoms with Crippen LogP contribution in [0.5, 0.6) is 5.75 Å². The minimum absolute atomic E-state index is 0.0103. The summed E-state index contributed by atoms with van der Waals surface area (Å²) in [6.07, 6.45) is 2.11. The highest BCUT2D eigenvalue weighted by Crippen LogP contribution is 2.35. The smallest absolute Gasteiger partial charge is 0.156 e. The second kappa shape index (κ2) is 8.43. The predicted molar refractivity (Wildman–Crippen MR) is 112 cm³/mol. The van der Waals surface area contributed by atoms with Gasteiger partial charge in [0.15, 0.2) is 5.82 Å². The van der Waals surface area contributed by atoms with Gasteiger partial charge in [-0.1, -0.05) is 24.3 Å². The molecule has 1 saturated heterocycles. The molecule has 2 heterocycles. The predicted octanol–water partition coefficient (Wildman–Crippen LogP) is 2.74. The lowest BCUT2D eigenvalue weighted by molar-refractivity contribution is 0.166. The molecule has 1 aliphatic heterocycles. The first-order chi connectivity index (χ1) is 14.2. The van der Waals surface area contributed by atoms with Crippen molar-refractivity contribution in [3.63, 3.8) is 0 Å². The van der Waals surface area contributed by atoms with Gasteiger partial charge in [-0.25, -0.2) is 0 Å². The number of hydrogen-bond donors (Lipinski definition) is 3. The van der Waals surface area contributed by atoms with Gasteiger partial charge < -0.3 is 15.5 Å². The van der Waals surface area contributed by atoms with Crippen LogP contribution in [-0.4, -0.2) is 57.6 Å². The molecule has 0 bridgehead atoms. The summed E-state index contributed by atoms with van der Waals surface area (Å²) in [7, 11) is 0. The third kappa shape index (κ3) is 3.99. The van der Waals surface area contributed by atoms with Crippen LogP contribution in [0.4, 0.5) is 5.82 Å². The number of nitrogens with one attached hydrogen (secondary N) is 1. The number of nitrogens with zero attached hydrogens (tertiary/aromatic N) is 4. The molecule has 0 spiro atoms. The van der Waals surface area contributed by atoms with Crippen molar-refractivity contribution in [2.24, 2.45) is 0 Å². The van der Waals surface area contributed by atoms with Crippen molar-refractivity contribution in [2.45, 2.75) is 18.9 Å². The van der Waals surface area contributed by atoms with Crippen LogP contribution in [0.15, 0.2) is 42.5 Å². The Balaban J connectivity index is 1.68. The maximum Gasteiger partial charge on any atom is 0.156 e. The molecule has 0 amide bonds. The number of β-amino-alcohol motifs (C(OH)–C–C–N with tert-alkyl or cyclic N) is 1. The molecule has 7 nitrogen and oxygen atoms in total. The Morgan fingerprint density at radius 3 is 2.76 bits per heavy atom. The topological polar surface area (TPSA) is 105 Å². The van der Waals surface area contributed by atoms with Crippen LogP contribution in [0.3, 0.4) is 0 Å². The number of likely N-dealkylation sites (tertiary alicyclic amines) is 1. The van der Waals surface area contributed by atoms with Gasteiger partial charge in [0.2, 0.25) is 0 Å². The maximum absolute atomic E-state index is 10.4. The quantitative estimate of drug-likeness (QED) is 0.616. The fraction of sp³-hybridized carbons (Fsp3) is 0.318. The Morgan fingerprint density at radius 2 is 2.00 bits per heavy atom. The zero-order valence-corrected chi connectivity index (χ0v) is 16.0. The van der Waals surface area contributed by atoms with Gasteiger partial charge in [-0.05, 0) is 37.6 Å².